The average Bonchev–Trinajstić information content (AvgIpc) is 2.16. The second-order valence-electron chi connectivity index (χ2n) is 2.37. The molecule has 4 heteroatoms. The topological polar surface area (TPSA) is 53.2 Å². The Morgan fingerprint density at radius 2 is 2.31 bits per heavy atom. The molecule has 0 unspecified atom stereocenters. The van der Waals surface area contributed by atoms with Crippen molar-refractivity contribution in [3.63, 3.8) is 0 Å². The summed E-state index contributed by atoms with van der Waals surface area (Å²) in [7, 11) is 0. The number of aliphatic hydroxyl groups excluding tert-OH is 1. The molecule has 0 aliphatic heterocycles. The van der Waals surface area contributed by atoms with Crippen LogP contribution in [0.1, 0.15) is 5.56 Å². The Morgan fingerprint density at radius 1 is 1.54 bits per heavy atom. The van der Waals surface area contributed by atoms with E-state index in [4.69, 9.17) is 15.1 Å². The molecule has 0 radical (unpaired) electrons. The third-order valence-electron chi connectivity index (χ3n) is 1.47. The molecule has 0 aliphatic rings. The summed E-state index contributed by atoms with van der Waals surface area (Å²) in [5.41, 5.74) is 0.802. The van der Waals surface area contributed by atoms with Crippen LogP contribution in [0.25, 0.3) is 0 Å². The minimum atomic E-state index is -0.00285. The van der Waals surface area contributed by atoms with Gasteiger partial charge in [0.2, 0.25) is 0 Å². The molecular weight excluding hydrogens is 234 g/mol. The number of ether oxygens (including phenoxy) is 1. The summed E-state index contributed by atoms with van der Waals surface area (Å²) in [4.78, 5) is 0. The Kier molecular flexibility index (Phi) is 3.74. The quantitative estimate of drug-likeness (QED) is 0.879. The van der Waals surface area contributed by atoms with E-state index in [9.17, 15) is 0 Å². The van der Waals surface area contributed by atoms with Crippen molar-refractivity contribution in [2.24, 2.45) is 0 Å². The van der Waals surface area contributed by atoms with Crippen molar-refractivity contribution in [3.8, 4) is 11.8 Å². The Morgan fingerprint density at radius 3 is 2.85 bits per heavy atom. The van der Waals surface area contributed by atoms with Gasteiger partial charge in [-0.2, -0.15) is 5.26 Å². The minimum Gasteiger partial charge on any atom is -0.478 e. The van der Waals surface area contributed by atoms with E-state index in [1.807, 2.05) is 6.07 Å². The number of rotatable bonds is 3. The van der Waals surface area contributed by atoms with Crippen LogP contribution in [0.2, 0.25) is 0 Å². The Bertz CT molecular complexity index is 333. The van der Waals surface area contributed by atoms with Crippen molar-refractivity contribution < 1.29 is 9.84 Å². The molecule has 1 aromatic carbocycles. The number of benzene rings is 1. The fourth-order valence-corrected chi connectivity index (χ4v) is 1.41. The highest BCUT2D eigenvalue weighted by atomic mass is 79.9. The van der Waals surface area contributed by atoms with Gasteiger partial charge in [0.15, 0.2) is 6.61 Å². The lowest BCUT2D eigenvalue weighted by molar-refractivity contribution is 0.281. The van der Waals surface area contributed by atoms with Crippen molar-refractivity contribution in [3.05, 3.63) is 28.2 Å². The lowest BCUT2D eigenvalue weighted by atomic mass is 10.2. The Hall–Kier alpha value is -1.05. The first-order valence-corrected chi connectivity index (χ1v) is 4.46. The molecule has 0 spiro atoms. The van der Waals surface area contributed by atoms with Gasteiger partial charge in [-0.05, 0) is 33.6 Å². The molecule has 0 saturated carbocycles. The highest BCUT2D eigenvalue weighted by Gasteiger charge is 2.01. The van der Waals surface area contributed by atoms with Crippen LogP contribution >= 0.6 is 15.9 Å². The number of halogens is 1. The number of hydrogen-bond acceptors (Lipinski definition) is 3. The van der Waals surface area contributed by atoms with Crippen LogP contribution in [0.5, 0.6) is 5.75 Å². The van der Waals surface area contributed by atoms with Crippen molar-refractivity contribution in [1.29, 1.82) is 5.26 Å². The van der Waals surface area contributed by atoms with Gasteiger partial charge < -0.3 is 9.84 Å². The fraction of sp³-hybridized carbons (Fsp3) is 0.222. The highest BCUT2D eigenvalue weighted by molar-refractivity contribution is 9.10. The SMILES string of the molecule is N#CCOc1ccc(CO)cc1Br. The maximum atomic E-state index is 8.82. The molecule has 1 rings (SSSR count). The van der Waals surface area contributed by atoms with Crippen LogP contribution in [0.4, 0.5) is 0 Å². The van der Waals surface area contributed by atoms with Crippen molar-refractivity contribution in [2.75, 3.05) is 6.61 Å². The number of hydrogen-bond donors (Lipinski definition) is 1. The standard InChI is InChI=1S/C9H8BrNO2/c10-8-5-7(6-12)1-2-9(8)13-4-3-11/h1-2,5,12H,4,6H2. The second-order valence-corrected chi connectivity index (χ2v) is 3.22. The summed E-state index contributed by atoms with van der Waals surface area (Å²) < 4.78 is 5.84. The summed E-state index contributed by atoms with van der Waals surface area (Å²) in [5.74, 6) is 0.610. The molecule has 0 bridgehead atoms. The molecule has 68 valence electrons. The van der Waals surface area contributed by atoms with Crippen LogP contribution in [0, 0.1) is 11.3 Å². The van der Waals surface area contributed by atoms with Gasteiger partial charge in [-0.25, -0.2) is 0 Å². The first-order chi connectivity index (χ1) is 6.27. The van der Waals surface area contributed by atoms with E-state index in [1.165, 1.54) is 0 Å². The zero-order chi connectivity index (χ0) is 9.68. The molecule has 0 heterocycles. The van der Waals surface area contributed by atoms with Gasteiger partial charge in [0.05, 0.1) is 11.1 Å². The molecule has 1 aromatic rings. The average molecular weight is 242 g/mol. The number of nitriles is 1. The van der Waals surface area contributed by atoms with Crippen LogP contribution in [0.3, 0.4) is 0 Å². The smallest absolute Gasteiger partial charge is 0.174 e. The van der Waals surface area contributed by atoms with Gasteiger partial charge in [0.25, 0.3) is 0 Å². The van der Waals surface area contributed by atoms with Crippen LogP contribution in [0.15, 0.2) is 22.7 Å². The van der Waals surface area contributed by atoms with Crippen LogP contribution in [-0.4, -0.2) is 11.7 Å². The van der Waals surface area contributed by atoms with E-state index >= 15 is 0 Å². The second kappa shape index (κ2) is 4.85. The summed E-state index contributed by atoms with van der Waals surface area (Å²) in [6.07, 6.45) is 0. The Labute approximate surface area is 84.7 Å². The molecule has 0 aliphatic carbocycles. The molecule has 13 heavy (non-hydrogen) atoms. The van der Waals surface area contributed by atoms with Crippen molar-refractivity contribution in [2.45, 2.75) is 6.61 Å². The van der Waals surface area contributed by atoms with Gasteiger partial charge in [-0.15, -0.1) is 0 Å². The van der Waals surface area contributed by atoms with Gasteiger partial charge in [0, 0.05) is 0 Å². The third-order valence-corrected chi connectivity index (χ3v) is 2.09. The van der Waals surface area contributed by atoms with Gasteiger partial charge in [-0.1, -0.05) is 6.07 Å². The Balaban J connectivity index is 2.80. The first-order valence-electron chi connectivity index (χ1n) is 3.67. The molecule has 0 aromatic heterocycles. The molecule has 3 nitrogen and oxygen atoms in total. The van der Waals surface area contributed by atoms with E-state index in [1.54, 1.807) is 18.2 Å². The van der Waals surface area contributed by atoms with Crippen molar-refractivity contribution in [1.82, 2.24) is 0 Å². The maximum absolute atomic E-state index is 8.82. The van der Waals surface area contributed by atoms with E-state index in [0.717, 1.165) is 10.0 Å². The van der Waals surface area contributed by atoms with Crippen molar-refractivity contribution >= 4 is 15.9 Å². The highest BCUT2D eigenvalue weighted by Crippen LogP contribution is 2.25. The summed E-state index contributed by atoms with van der Waals surface area (Å²) >= 11 is 3.27. The molecule has 0 fully saturated rings. The lowest BCUT2D eigenvalue weighted by Gasteiger charge is -2.05. The molecule has 0 amide bonds. The summed E-state index contributed by atoms with van der Waals surface area (Å²) in [6, 6.07) is 7.10. The van der Waals surface area contributed by atoms with E-state index in [-0.39, 0.29) is 13.2 Å². The van der Waals surface area contributed by atoms with Crippen LogP contribution < -0.4 is 4.74 Å². The largest absolute Gasteiger partial charge is 0.478 e. The van der Waals surface area contributed by atoms with Gasteiger partial charge in [-0.3, -0.25) is 0 Å². The molecular formula is C9H8BrNO2. The summed E-state index contributed by atoms with van der Waals surface area (Å²) in [6.45, 7) is 0.0220. The fourth-order valence-electron chi connectivity index (χ4n) is 0.870. The van der Waals surface area contributed by atoms with Crippen LogP contribution in [-0.2, 0) is 6.61 Å². The molecule has 0 atom stereocenters. The van der Waals surface area contributed by atoms with E-state index in [2.05, 4.69) is 15.9 Å². The summed E-state index contributed by atoms with van der Waals surface area (Å²) in [5, 5.41) is 17.1. The first kappa shape index (κ1) is 10.0. The molecule has 0 saturated heterocycles. The monoisotopic (exact) mass is 241 g/mol. The van der Waals surface area contributed by atoms with Gasteiger partial charge in [0.1, 0.15) is 11.8 Å². The number of nitrogens with zero attached hydrogens (tertiary/aromatic N) is 1. The number of aliphatic hydroxyl groups is 1. The predicted molar refractivity (Wildman–Crippen MR) is 51.2 cm³/mol. The minimum absolute atomic E-state index is 0.00285. The molecule has 1 N–H and O–H groups in total. The van der Waals surface area contributed by atoms with E-state index < -0.39 is 0 Å². The lowest BCUT2D eigenvalue weighted by Crippen LogP contribution is -1.94. The normalized spacial score (nSPS) is 9.31. The van der Waals surface area contributed by atoms with Gasteiger partial charge >= 0.3 is 0 Å². The predicted octanol–water partition coefficient (Wildman–Crippen LogP) is 1.84. The third kappa shape index (κ3) is 2.72. The van der Waals surface area contributed by atoms with E-state index in [0.29, 0.717) is 5.75 Å². The zero-order valence-electron chi connectivity index (χ0n) is 6.83. The maximum Gasteiger partial charge on any atom is 0.174 e. The zero-order valence-corrected chi connectivity index (χ0v) is 8.41.